The van der Waals surface area contributed by atoms with Gasteiger partial charge in [-0.3, -0.25) is 0 Å². The van der Waals surface area contributed by atoms with E-state index in [1.165, 1.54) is 12.8 Å². The average Bonchev–Trinajstić information content (AvgIpc) is 3.16. The van der Waals surface area contributed by atoms with Crippen LogP contribution in [-0.4, -0.2) is 23.1 Å². The molecule has 3 nitrogen and oxygen atoms in total. The van der Waals surface area contributed by atoms with Crippen molar-refractivity contribution in [1.82, 2.24) is 10.2 Å². The SMILES string of the molecule is CN(Cc1ccc(-c2ccc(Br)cc2)o1)C(=S)NC1CC1. The highest BCUT2D eigenvalue weighted by Gasteiger charge is 2.23. The maximum Gasteiger partial charge on any atom is 0.169 e. The van der Waals surface area contributed by atoms with E-state index in [4.69, 9.17) is 16.6 Å². The third-order valence-corrected chi connectivity index (χ3v) is 4.39. The molecule has 5 heteroatoms. The molecule has 0 atom stereocenters. The van der Waals surface area contributed by atoms with Gasteiger partial charge in [0.1, 0.15) is 11.5 Å². The number of halogens is 1. The predicted octanol–water partition coefficient (Wildman–Crippen LogP) is 4.18. The summed E-state index contributed by atoms with van der Waals surface area (Å²) in [7, 11) is 1.99. The summed E-state index contributed by atoms with van der Waals surface area (Å²) in [5.41, 5.74) is 1.07. The van der Waals surface area contributed by atoms with Crippen molar-refractivity contribution in [1.29, 1.82) is 0 Å². The molecule has 1 fully saturated rings. The van der Waals surface area contributed by atoms with Gasteiger partial charge in [-0.2, -0.15) is 0 Å². The second-order valence-corrected chi connectivity index (χ2v) is 6.66. The third-order valence-electron chi connectivity index (χ3n) is 3.44. The van der Waals surface area contributed by atoms with Crippen LogP contribution in [0.15, 0.2) is 45.3 Å². The van der Waals surface area contributed by atoms with Crippen LogP contribution in [0.1, 0.15) is 18.6 Å². The van der Waals surface area contributed by atoms with E-state index in [-0.39, 0.29) is 0 Å². The number of rotatable bonds is 4. The molecule has 1 saturated carbocycles. The Morgan fingerprint density at radius 2 is 2.00 bits per heavy atom. The van der Waals surface area contributed by atoms with Gasteiger partial charge in [0.25, 0.3) is 0 Å². The summed E-state index contributed by atoms with van der Waals surface area (Å²) < 4.78 is 6.97. The molecular formula is C16H17BrN2OS. The molecule has 0 aliphatic heterocycles. The second kappa shape index (κ2) is 6.20. The van der Waals surface area contributed by atoms with Crippen molar-refractivity contribution < 1.29 is 4.42 Å². The Balaban J connectivity index is 1.64. The summed E-state index contributed by atoms with van der Waals surface area (Å²) in [4.78, 5) is 2.01. The molecule has 1 aromatic heterocycles. The Bertz CT molecular complexity index is 634. The Labute approximate surface area is 138 Å². The molecule has 0 amide bonds. The third kappa shape index (κ3) is 3.86. The fraction of sp³-hybridized carbons (Fsp3) is 0.312. The van der Waals surface area contributed by atoms with E-state index in [0.29, 0.717) is 12.6 Å². The van der Waals surface area contributed by atoms with Gasteiger partial charge in [-0.15, -0.1) is 0 Å². The zero-order chi connectivity index (χ0) is 14.8. The van der Waals surface area contributed by atoms with Crippen molar-refractivity contribution in [3.8, 4) is 11.3 Å². The molecule has 21 heavy (non-hydrogen) atoms. The molecule has 3 rings (SSSR count). The number of furan rings is 1. The lowest BCUT2D eigenvalue weighted by atomic mass is 10.2. The van der Waals surface area contributed by atoms with Crippen LogP contribution in [0.25, 0.3) is 11.3 Å². The minimum Gasteiger partial charge on any atom is -0.459 e. The highest BCUT2D eigenvalue weighted by atomic mass is 79.9. The molecule has 0 unspecified atom stereocenters. The average molecular weight is 365 g/mol. The number of thiocarbonyl (C=S) groups is 1. The van der Waals surface area contributed by atoms with Crippen LogP contribution in [0, 0.1) is 0 Å². The van der Waals surface area contributed by atoms with E-state index in [2.05, 4.69) is 21.2 Å². The normalized spacial score (nSPS) is 14.0. The number of nitrogens with one attached hydrogen (secondary N) is 1. The summed E-state index contributed by atoms with van der Waals surface area (Å²) in [6, 6.07) is 12.7. The number of hydrogen-bond acceptors (Lipinski definition) is 2. The number of hydrogen-bond donors (Lipinski definition) is 1. The molecule has 0 radical (unpaired) electrons. The summed E-state index contributed by atoms with van der Waals surface area (Å²) in [6.07, 6.45) is 2.45. The van der Waals surface area contributed by atoms with Crippen LogP contribution >= 0.6 is 28.1 Å². The fourth-order valence-electron chi connectivity index (χ4n) is 2.05. The zero-order valence-corrected chi connectivity index (χ0v) is 14.2. The lowest BCUT2D eigenvalue weighted by Gasteiger charge is -2.19. The molecule has 2 aromatic rings. The molecule has 1 aliphatic carbocycles. The van der Waals surface area contributed by atoms with Crippen LogP contribution in [0.4, 0.5) is 0 Å². The van der Waals surface area contributed by atoms with Gasteiger partial charge < -0.3 is 14.6 Å². The van der Waals surface area contributed by atoms with E-state index in [1.807, 2.05) is 48.3 Å². The van der Waals surface area contributed by atoms with Crippen molar-refractivity contribution in [2.45, 2.75) is 25.4 Å². The minimum atomic E-state index is 0.579. The maximum absolute atomic E-state index is 5.91. The quantitative estimate of drug-likeness (QED) is 0.823. The van der Waals surface area contributed by atoms with Crippen LogP contribution < -0.4 is 5.32 Å². The van der Waals surface area contributed by atoms with Crippen molar-refractivity contribution >= 4 is 33.3 Å². The Kier molecular flexibility index (Phi) is 4.31. The summed E-state index contributed by atoms with van der Waals surface area (Å²) in [5, 5.41) is 4.12. The van der Waals surface area contributed by atoms with Gasteiger partial charge in [-0.25, -0.2) is 0 Å². The van der Waals surface area contributed by atoms with Crippen molar-refractivity contribution in [3.63, 3.8) is 0 Å². The first-order chi connectivity index (χ1) is 10.1. The summed E-state index contributed by atoms with van der Waals surface area (Å²) >= 11 is 8.81. The molecule has 1 heterocycles. The van der Waals surface area contributed by atoms with E-state index >= 15 is 0 Å². The molecule has 110 valence electrons. The first-order valence-corrected chi connectivity index (χ1v) is 8.18. The van der Waals surface area contributed by atoms with Crippen LogP contribution in [0.3, 0.4) is 0 Å². The summed E-state index contributed by atoms with van der Waals surface area (Å²) in [6.45, 7) is 0.676. The van der Waals surface area contributed by atoms with E-state index in [1.54, 1.807) is 0 Å². The van der Waals surface area contributed by atoms with Crippen molar-refractivity contribution in [3.05, 3.63) is 46.6 Å². The lowest BCUT2D eigenvalue weighted by Crippen LogP contribution is -2.37. The monoisotopic (exact) mass is 364 g/mol. The first kappa shape index (κ1) is 14.6. The molecule has 0 spiro atoms. The second-order valence-electron chi connectivity index (χ2n) is 5.35. The van der Waals surface area contributed by atoms with Crippen LogP contribution in [-0.2, 0) is 6.54 Å². The number of nitrogens with zero attached hydrogens (tertiary/aromatic N) is 1. The van der Waals surface area contributed by atoms with Gasteiger partial charge in [-0.05, 0) is 49.3 Å². The first-order valence-electron chi connectivity index (χ1n) is 6.98. The fourth-order valence-corrected chi connectivity index (χ4v) is 2.55. The van der Waals surface area contributed by atoms with Gasteiger partial charge in [0.2, 0.25) is 0 Å². The lowest BCUT2D eigenvalue weighted by molar-refractivity contribution is 0.411. The smallest absolute Gasteiger partial charge is 0.169 e. The zero-order valence-electron chi connectivity index (χ0n) is 11.8. The Morgan fingerprint density at radius 1 is 1.29 bits per heavy atom. The standard InChI is InChI=1S/C16H17BrN2OS/c1-19(16(21)18-13-6-7-13)10-14-8-9-15(20-14)11-2-4-12(17)5-3-11/h2-5,8-9,13H,6-7,10H2,1H3,(H,18,21). The molecule has 1 N–H and O–H groups in total. The number of benzene rings is 1. The molecule has 1 aromatic carbocycles. The molecule has 0 bridgehead atoms. The van der Waals surface area contributed by atoms with Gasteiger partial charge in [-0.1, -0.05) is 28.1 Å². The Morgan fingerprint density at radius 3 is 2.67 bits per heavy atom. The van der Waals surface area contributed by atoms with Crippen molar-refractivity contribution in [2.24, 2.45) is 0 Å². The van der Waals surface area contributed by atoms with E-state index < -0.39 is 0 Å². The van der Waals surface area contributed by atoms with Gasteiger partial charge in [0.05, 0.1) is 6.54 Å². The van der Waals surface area contributed by atoms with Crippen LogP contribution in [0.2, 0.25) is 0 Å². The van der Waals surface area contributed by atoms with Gasteiger partial charge >= 0.3 is 0 Å². The van der Waals surface area contributed by atoms with Gasteiger partial charge in [0, 0.05) is 23.1 Å². The largest absolute Gasteiger partial charge is 0.459 e. The molecule has 0 saturated heterocycles. The topological polar surface area (TPSA) is 28.4 Å². The predicted molar refractivity (Wildman–Crippen MR) is 92.1 cm³/mol. The Hall–Kier alpha value is -1.33. The maximum atomic E-state index is 5.91. The molecular weight excluding hydrogens is 348 g/mol. The molecule has 1 aliphatic rings. The van der Waals surface area contributed by atoms with E-state index in [9.17, 15) is 0 Å². The highest BCUT2D eigenvalue weighted by Crippen LogP contribution is 2.24. The summed E-state index contributed by atoms with van der Waals surface area (Å²) in [5.74, 6) is 1.79. The van der Waals surface area contributed by atoms with E-state index in [0.717, 1.165) is 26.7 Å². The van der Waals surface area contributed by atoms with Crippen LogP contribution in [0.5, 0.6) is 0 Å². The highest BCUT2D eigenvalue weighted by molar-refractivity contribution is 9.10. The van der Waals surface area contributed by atoms with Gasteiger partial charge in [0.15, 0.2) is 5.11 Å². The minimum absolute atomic E-state index is 0.579. The van der Waals surface area contributed by atoms with Crippen molar-refractivity contribution in [2.75, 3.05) is 7.05 Å².